The van der Waals surface area contributed by atoms with Crippen LogP contribution in [0.2, 0.25) is 5.02 Å². The molecular formula is C10H11ClN4S. The monoisotopic (exact) mass is 254 g/mol. The molecule has 2 rings (SSSR count). The lowest BCUT2D eigenvalue weighted by molar-refractivity contribution is 0.693. The van der Waals surface area contributed by atoms with E-state index in [0.717, 1.165) is 15.7 Å². The van der Waals surface area contributed by atoms with E-state index < -0.39 is 0 Å². The molecule has 6 heteroatoms. The van der Waals surface area contributed by atoms with Gasteiger partial charge in [0.05, 0.1) is 16.4 Å². The third kappa shape index (κ3) is 2.01. The molecule has 16 heavy (non-hydrogen) atoms. The molecule has 4 nitrogen and oxygen atoms in total. The molecule has 0 aliphatic rings. The van der Waals surface area contributed by atoms with Crippen LogP contribution in [0.4, 0.5) is 5.69 Å². The molecule has 0 bridgehead atoms. The topological polar surface area (TPSA) is 56.7 Å². The number of rotatable bonds is 2. The number of anilines is 1. The van der Waals surface area contributed by atoms with Gasteiger partial charge in [0.15, 0.2) is 0 Å². The van der Waals surface area contributed by atoms with Gasteiger partial charge in [-0.3, -0.25) is 4.68 Å². The van der Waals surface area contributed by atoms with Crippen LogP contribution in [0.3, 0.4) is 0 Å². The molecule has 0 aliphatic carbocycles. The highest BCUT2D eigenvalue weighted by molar-refractivity contribution is 7.99. The van der Waals surface area contributed by atoms with Gasteiger partial charge in [0.2, 0.25) is 0 Å². The zero-order valence-corrected chi connectivity index (χ0v) is 10.5. The molecule has 0 aromatic carbocycles. The zero-order chi connectivity index (χ0) is 11.7. The minimum absolute atomic E-state index is 0.616. The molecule has 0 radical (unpaired) electrons. The molecule has 0 saturated heterocycles. The lowest BCUT2D eigenvalue weighted by Crippen LogP contribution is -1.94. The molecule has 2 N–H and O–H groups in total. The highest BCUT2D eigenvalue weighted by Crippen LogP contribution is 2.35. The Balaban J connectivity index is 2.38. The van der Waals surface area contributed by atoms with Gasteiger partial charge >= 0.3 is 0 Å². The van der Waals surface area contributed by atoms with Gasteiger partial charge in [-0.1, -0.05) is 11.6 Å². The van der Waals surface area contributed by atoms with Gasteiger partial charge in [-0.05, 0) is 30.8 Å². The van der Waals surface area contributed by atoms with Crippen molar-refractivity contribution in [3.05, 3.63) is 29.0 Å². The summed E-state index contributed by atoms with van der Waals surface area (Å²) in [5.41, 5.74) is 7.42. The van der Waals surface area contributed by atoms with E-state index in [-0.39, 0.29) is 0 Å². The Bertz CT molecular complexity index is 524. The number of nitrogens with two attached hydrogens (primary N) is 1. The Morgan fingerprint density at radius 3 is 2.81 bits per heavy atom. The summed E-state index contributed by atoms with van der Waals surface area (Å²) in [7, 11) is 1.85. The standard InChI is InChI=1S/C10H11ClN4S/c1-6-8(12)10(15(2)14-6)16-9-7(11)4-3-5-13-9/h3-5H,12H2,1-2H3. The van der Waals surface area contributed by atoms with Crippen LogP contribution in [0.5, 0.6) is 0 Å². The first-order valence-corrected chi connectivity index (χ1v) is 5.86. The number of aromatic nitrogens is 3. The van der Waals surface area contributed by atoms with Crippen molar-refractivity contribution in [2.45, 2.75) is 17.0 Å². The fourth-order valence-corrected chi connectivity index (χ4v) is 2.44. The molecular weight excluding hydrogens is 244 g/mol. The number of hydrogen-bond donors (Lipinski definition) is 1. The van der Waals surface area contributed by atoms with Crippen molar-refractivity contribution in [3.63, 3.8) is 0 Å². The number of nitrogens with zero attached hydrogens (tertiary/aromatic N) is 3. The molecule has 2 heterocycles. The van der Waals surface area contributed by atoms with Gasteiger partial charge in [-0.15, -0.1) is 0 Å². The van der Waals surface area contributed by atoms with E-state index in [4.69, 9.17) is 17.3 Å². The third-order valence-electron chi connectivity index (χ3n) is 2.13. The van der Waals surface area contributed by atoms with E-state index >= 15 is 0 Å². The molecule has 0 atom stereocenters. The summed E-state index contributed by atoms with van der Waals surface area (Å²) in [6.45, 7) is 1.87. The Morgan fingerprint density at radius 1 is 1.50 bits per heavy atom. The van der Waals surface area contributed by atoms with Gasteiger partial charge in [0, 0.05) is 13.2 Å². The summed E-state index contributed by atoms with van der Waals surface area (Å²) < 4.78 is 1.74. The van der Waals surface area contributed by atoms with Crippen LogP contribution in [0.15, 0.2) is 28.4 Å². The van der Waals surface area contributed by atoms with E-state index in [1.807, 2.05) is 14.0 Å². The Morgan fingerprint density at radius 2 is 2.25 bits per heavy atom. The normalized spacial score (nSPS) is 10.7. The van der Waals surface area contributed by atoms with E-state index in [9.17, 15) is 0 Å². The molecule has 0 fully saturated rings. The Hall–Kier alpha value is -1.20. The minimum Gasteiger partial charge on any atom is -0.395 e. The third-order valence-corrected chi connectivity index (χ3v) is 3.75. The van der Waals surface area contributed by atoms with Gasteiger partial charge in [0.25, 0.3) is 0 Å². The maximum absolute atomic E-state index is 6.03. The summed E-state index contributed by atoms with van der Waals surface area (Å²) in [5.74, 6) is 0. The maximum atomic E-state index is 6.03. The summed E-state index contributed by atoms with van der Waals surface area (Å²) in [4.78, 5) is 4.20. The quantitative estimate of drug-likeness (QED) is 0.895. The first-order chi connectivity index (χ1) is 7.59. The van der Waals surface area contributed by atoms with E-state index in [2.05, 4.69) is 10.1 Å². The van der Waals surface area contributed by atoms with Crippen molar-refractivity contribution in [2.24, 2.45) is 7.05 Å². The largest absolute Gasteiger partial charge is 0.395 e. The summed E-state index contributed by atoms with van der Waals surface area (Å²) in [6, 6.07) is 3.60. The van der Waals surface area contributed by atoms with Crippen LogP contribution >= 0.6 is 23.4 Å². The predicted octanol–water partition coefficient (Wildman–Crippen LogP) is 2.51. The first-order valence-electron chi connectivity index (χ1n) is 4.67. The van der Waals surface area contributed by atoms with Gasteiger partial charge < -0.3 is 5.73 Å². The smallest absolute Gasteiger partial charge is 0.123 e. The van der Waals surface area contributed by atoms with E-state index in [1.54, 1.807) is 23.0 Å². The number of halogens is 1. The highest BCUT2D eigenvalue weighted by atomic mass is 35.5. The zero-order valence-electron chi connectivity index (χ0n) is 8.94. The lowest BCUT2D eigenvalue weighted by Gasteiger charge is -2.03. The molecule has 0 aliphatic heterocycles. The van der Waals surface area contributed by atoms with Crippen molar-refractivity contribution >= 4 is 29.1 Å². The molecule has 0 saturated carbocycles. The van der Waals surface area contributed by atoms with Crippen LogP contribution in [-0.4, -0.2) is 14.8 Å². The summed E-state index contributed by atoms with van der Waals surface area (Å²) in [6.07, 6.45) is 1.70. The van der Waals surface area contributed by atoms with E-state index in [0.29, 0.717) is 10.7 Å². The fraction of sp³-hybridized carbons (Fsp3) is 0.200. The van der Waals surface area contributed by atoms with E-state index in [1.165, 1.54) is 11.8 Å². The van der Waals surface area contributed by atoms with Crippen LogP contribution in [0.1, 0.15) is 5.69 Å². The number of pyridine rings is 1. The summed E-state index contributed by atoms with van der Waals surface area (Å²) >= 11 is 7.45. The molecule has 84 valence electrons. The highest BCUT2D eigenvalue weighted by Gasteiger charge is 2.13. The number of hydrogen-bond acceptors (Lipinski definition) is 4. The van der Waals surface area contributed by atoms with Crippen molar-refractivity contribution in [1.82, 2.24) is 14.8 Å². The van der Waals surface area contributed by atoms with Crippen LogP contribution in [0, 0.1) is 6.92 Å². The SMILES string of the molecule is Cc1nn(C)c(Sc2ncccc2Cl)c1N. The van der Waals surface area contributed by atoms with Crippen molar-refractivity contribution in [1.29, 1.82) is 0 Å². The molecule has 0 unspecified atom stereocenters. The van der Waals surface area contributed by atoms with Crippen LogP contribution < -0.4 is 5.73 Å². The first kappa shape index (κ1) is 11.3. The van der Waals surface area contributed by atoms with Gasteiger partial charge in [0.1, 0.15) is 10.1 Å². The number of aryl methyl sites for hydroxylation is 2. The second-order valence-corrected chi connectivity index (χ2v) is 4.71. The fourth-order valence-electron chi connectivity index (χ4n) is 1.31. The molecule has 0 amide bonds. The molecule has 2 aromatic rings. The molecule has 0 spiro atoms. The summed E-state index contributed by atoms with van der Waals surface area (Å²) in [5, 5.41) is 6.45. The average molecular weight is 255 g/mol. The van der Waals surface area contributed by atoms with Crippen molar-refractivity contribution in [3.8, 4) is 0 Å². The second-order valence-electron chi connectivity index (χ2n) is 3.32. The maximum Gasteiger partial charge on any atom is 0.123 e. The van der Waals surface area contributed by atoms with Gasteiger partial charge in [-0.2, -0.15) is 5.10 Å². The van der Waals surface area contributed by atoms with Crippen LogP contribution in [-0.2, 0) is 7.05 Å². The molecule has 2 aromatic heterocycles. The average Bonchev–Trinajstić information content (AvgIpc) is 2.48. The minimum atomic E-state index is 0.616. The Labute approximate surface area is 103 Å². The lowest BCUT2D eigenvalue weighted by atomic mass is 10.4. The second kappa shape index (κ2) is 4.35. The van der Waals surface area contributed by atoms with Crippen molar-refractivity contribution in [2.75, 3.05) is 5.73 Å². The predicted molar refractivity (Wildman–Crippen MR) is 65.7 cm³/mol. The van der Waals surface area contributed by atoms with Crippen LogP contribution in [0.25, 0.3) is 0 Å². The number of nitrogen functional groups attached to an aromatic ring is 1. The van der Waals surface area contributed by atoms with Crippen molar-refractivity contribution < 1.29 is 0 Å². The van der Waals surface area contributed by atoms with Gasteiger partial charge in [-0.25, -0.2) is 4.98 Å². The Kier molecular flexibility index (Phi) is 3.07.